The number of carbonyl (C=O) groups excluding carboxylic acids is 2. The van der Waals surface area contributed by atoms with Crippen LogP contribution in [0.4, 0.5) is 0 Å². The number of thiazole rings is 1. The van der Waals surface area contributed by atoms with E-state index in [2.05, 4.69) is 32.9 Å². The minimum atomic E-state index is -0.883. The SMILES string of the molecule is CCOC(=O)C1=C(C)N=c2s/c(=C\c3cn(-c4ccccc4)nc3-c3c(C)cc(C)cc3C)c(=O)n2[C@H]1c1ccc(OC(C)=O)c(OC)c1. The van der Waals surface area contributed by atoms with Crippen molar-refractivity contribution in [3.63, 3.8) is 0 Å². The van der Waals surface area contributed by atoms with E-state index in [1.807, 2.05) is 47.3 Å². The first-order valence-electron chi connectivity index (χ1n) is 15.8. The van der Waals surface area contributed by atoms with E-state index in [0.29, 0.717) is 20.6 Å². The van der Waals surface area contributed by atoms with Crippen LogP contribution in [-0.4, -0.2) is 40.0 Å². The molecule has 0 amide bonds. The van der Waals surface area contributed by atoms with Crippen molar-refractivity contribution in [2.45, 2.75) is 47.6 Å². The Labute approximate surface area is 287 Å². The van der Waals surface area contributed by atoms with Gasteiger partial charge in [-0.3, -0.25) is 14.2 Å². The molecule has 0 saturated heterocycles. The maximum absolute atomic E-state index is 14.5. The van der Waals surface area contributed by atoms with Crippen LogP contribution in [0.1, 0.15) is 54.6 Å². The molecule has 0 spiro atoms. The number of benzene rings is 3. The van der Waals surface area contributed by atoms with Crippen molar-refractivity contribution in [2.75, 3.05) is 13.7 Å². The zero-order chi connectivity index (χ0) is 35.0. The van der Waals surface area contributed by atoms with Crippen molar-refractivity contribution in [1.82, 2.24) is 14.3 Å². The third-order valence-electron chi connectivity index (χ3n) is 8.24. The Balaban J connectivity index is 1.59. The van der Waals surface area contributed by atoms with Gasteiger partial charge in [0.1, 0.15) is 5.69 Å². The molecule has 49 heavy (non-hydrogen) atoms. The zero-order valence-corrected chi connectivity index (χ0v) is 29.2. The van der Waals surface area contributed by atoms with Gasteiger partial charge in [0, 0.05) is 24.2 Å². The Hall–Kier alpha value is -5.55. The normalized spacial score (nSPS) is 14.3. The van der Waals surface area contributed by atoms with E-state index in [1.54, 1.807) is 32.0 Å². The van der Waals surface area contributed by atoms with E-state index < -0.39 is 18.0 Å². The summed E-state index contributed by atoms with van der Waals surface area (Å²) in [7, 11) is 1.45. The number of rotatable bonds is 8. The molecular formula is C38H36N4O6S. The Morgan fingerprint density at radius 1 is 0.980 bits per heavy atom. The van der Waals surface area contributed by atoms with Crippen molar-refractivity contribution in [1.29, 1.82) is 0 Å². The number of carbonyl (C=O) groups is 2. The minimum Gasteiger partial charge on any atom is -0.493 e. The molecule has 0 unspecified atom stereocenters. The van der Waals surface area contributed by atoms with Crippen LogP contribution < -0.4 is 24.4 Å². The minimum absolute atomic E-state index is 0.146. The van der Waals surface area contributed by atoms with E-state index in [1.165, 1.54) is 29.9 Å². The molecule has 1 atom stereocenters. The van der Waals surface area contributed by atoms with Crippen molar-refractivity contribution >= 4 is 29.4 Å². The van der Waals surface area contributed by atoms with Crippen molar-refractivity contribution < 1.29 is 23.8 Å². The van der Waals surface area contributed by atoms with Gasteiger partial charge in [-0.1, -0.05) is 53.3 Å². The maximum atomic E-state index is 14.5. The Morgan fingerprint density at radius 3 is 2.35 bits per heavy atom. The van der Waals surface area contributed by atoms with Gasteiger partial charge in [-0.2, -0.15) is 5.10 Å². The number of aromatic nitrogens is 3. The average molecular weight is 677 g/mol. The molecule has 250 valence electrons. The summed E-state index contributed by atoms with van der Waals surface area (Å²) in [5.74, 6) is -0.598. The van der Waals surface area contributed by atoms with Crippen molar-refractivity contribution in [3.8, 4) is 28.4 Å². The van der Waals surface area contributed by atoms with Gasteiger partial charge in [0.05, 0.1) is 41.2 Å². The quantitative estimate of drug-likeness (QED) is 0.157. The Kier molecular flexibility index (Phi) is 9.20. The van der Waals surface area contributed by atoms with Crippen LogP contribution in [-0.2, 0) is 14.3 Å². The van der Waals surface area contributed by atoms with Gasteiger partial charge in [-0.15, -0.1) is 0 Å². The van der Waals surface area contributed by atoms with Crippen LogP contribution >= 0.6 is 11.3 Å². The first-order valence-corrected chi connectivity index (χ1v) is 16.6. The van der Waals surface area contributed by atoms with Crippen LogP contribution in [0.2, 0.25) is 0 Å². The highest BCUT2D eigenvalue weighted by atomic mass is 32.1. The molecule has 0 bridgehead atoms. The van der Waals surface area contributed by atoms with Crippen LogP contribution in [0.15, 0.2) is 87.9 Å². The molecule has 1 aliphatic rings. The summed E-state index contributed by atoms with van der Waals surface area (Å²) in [5.41, 5.74) is 7.58. The van der Waals surface area contributed by atoms with Gasteiger partial charge in [0.25, 0.3) is 5.56 Å². The molecule has 0 radical (unpaired) electrons. The van der Waals surface area contributed by atoms with Crippen LogP contribution in [0.3, 0.4) is 0 Å². The summed E-state index contributed by atoms with van der Waals surface area (Å²) in [4.78, 5) is 44.8. The number of hydrogen-bond donors (Lipinski definition) is 0. The second-order valence-corrected chi connectivity index (χ2v) is 12.8. The lowest BCUT2D eigenvalue weighted by molar-refractivity contribution is -0.139. The Bertz CT molecular complexity index is 2310. The molecule has 0 aliphatic carbocycles. The first-order chi connectivity index (χ1) is 23.5. The lowest BCUT2D eigenvalue weighted by Crippen LogP contribution is -2.40. The summed E-state index contributed by atoms with van der Waals surface area (Å²) in [6.07, 6.45) is 3.77. The monoisotopic (exact) mass is 676 g/mol. The molecule has 5 aromatic rings. The lowest BCUT2D eigenvalue weighted by Gasteiger charge is -2.25. The second-order valence-electron chi connectivity index (χ2n) is 11.8. The highest BCUT2D eigenvalue weighted by Gasteiger charge is 2.34. The molecule has 3 aromatic carbocycles. The summed E-state index contributed by atoms with van der Waals surface area (Å²) in [5, 5.41) is 5.03. The topological polar surface area (TPSA) is 114 Å². The van der Waals surface area contributed by atoms with Gasteiger partial charge in [0.15, 0.2) is 16.3 Å². The summed E-state index contributed by atoms with van der Waals surface area (Å²) in [6, 6.07) is 18.1. The van der Waals surface area contributed by atoms with Crippen LogP contribution in [0.25, 0.3) is 23.0 Å². The highest BCUT2D eigenvalue weighted by molar-refractivity contribution is 7.07. The van der Waals surface area contributed by atoms with E-state index in [-0.39, 0.29) is 29.2 Å². The standard InChI is InChI=1S/C38H36N4O6S/c1-8-47-37(45)33-24(5)39-38-42(35(33)26-14-15-29(48-25(6)43)30(18-26)46-7)36(44)31(49-38)19-27-20-41(28-12-10-9-11-13-28)40-34(27)32-22(3)16-21(2)17-23(32)4/h9-20,35H,8H2,1-7H3/b31-19-/t35-/m0/s1. The number of aryl methyl sites for hydroxylation is 3. The summed E-state index contributed by atoms with van der Waals surface area (Å²) >= 11 is 1.23. The van der Waals surface area contributed by atoms with Gasteiger partial charge < -0.3 is 14.2 Å². The molecule has 1 aliphatic heterocycles. The van der Waals surface area contributed by atoms with E-state index in [9.17, 15) is 14.4 Å². The largest absolute Gasteiger partial charge is 0.493 e. The summed E-state index contributed by atoms with van der Waals surface area (Å²) in [6.45, 7) is 11.1. The lowest BCUT2D eigenvalue weighted by atomic mass is 9.95. The number of nitrogens with zero attached hydrogens (tertiary/aromatic N) is 4. The number of para-hydroxylation sites is 1. The fraction of sp³-hybridized carbons (Fsp3) is 0.237. The smallest absolute Gasteiger partial charge is 0.338 e. The van der Waals surface area contributed by atoms with Crippen LogP contribution in [0, 0.1) is 20.8 Å². The fourth-order valence-electron chi connectivity index (χ4n) is 6.30. The van der Waals surface area contributed by atoms with Gasteiger partial charge in [0.2, 0.25) is 0 Å². The number of allylic oxidation sites excluding steroid dienone is 1. The highest BCUT2D eigenvalue weighted by Crippen LogP contribution is 2.36. The molecule has 0 saturated carbocycles. The molecule has 10 nitrogen and oxygen atoms in total. The number of ether oxygens (including phenoxy) is 3. The van der Waals surface area contributed by atoms with Gasteiger partial charge in [-0.05, 0) is 81.7 Å². The zero-order valence-electron chi connectivity index (χ0n) is 28.4. The van der Waals surface area contributed by atoms with Crippen molar-refractivity contribution in [3.05, 3.63) is 126 Å². The molecule has 6 rings (SSSR count). The summed E-state index contributed by atoms with van der Waals surface area (Å²) < 4.78 is 20.0. The number of fused-ring (bicyclic) bond motifs is 1. The number of hydrogen-bond acceptors (Lipinski definition) is 9. The third kappa shape index (κ3) is 6.37. The van der Waals surface area contributed by atoms with Gasteiger partial charge >= 0.3 is 11.9 Å². The molecular weight excluding hydrogens is 641 g/mol. The Morgan fingerprint density at radius 2 is 1.69 bits per heavy atom. The maximum Gasteiger partial charge on any atom is 0.338 e. The second kappa shape index (κ2) is 13.5. The van der Waals surface area contributed by atoms with E-state index in [0.717, 1.165) is 39.2 Å². The number of esters is 2. The van der Waals surface area contributed by atoms with E-state index >= 15 is 0 Å². The first kappa shape index (κ1) is 33.4. The van der Waals surface area contributed by atoms with E-state index in [4.69, 9.17) is 24.3 Å². The molecule has 11 heteroatoms. The molecule has 3 heterocycles. The number of methoxy groups -OCH3 is 1. The fourth-order valence-corrected chi connectivity index (χ4v) is 7.33. The molecule has 0 N–H and O–H groups in total. The predicted molar refractivity (Wildman–Crippen MR) is 188 cm³/mol. The predicted octanol–water partition coefficient (Wildman–Crippen LogP) is 5.51. The third-order valence-corrected chi connectivity index (χ3v) is 9.22. The molecule has 0 fully saturated rings. The molecule has 2 aromatic heterocycles. The van der Waals surface area contributed by atoms with Crippen molar-refractivity contribution in [2.24, 2.45) is 4.99 Å². The van der Waals surface area contributed by atoms with Crippen LogP contribution in [0.5, 0.6) is 11.5 Å². The van der Waals surface area contributed by atoms with Gasteiger partial charge in [-0.25, -0.2) is 14.5 Å². The average Bonchev–Trinajstić information content (AvgIpc) is 3.60.